The Morgan fingerprint density at radius 1 is 0.757 bits per heavy atom. The fraction of sp³-hybridized carbons (Fsp3) is 0.194. The summed E-state index contributed by atoms with van der Waals surface area (Å²) in [6, 6.07) is 20.9. The second-order valence-corrected chi connectivity index (χ2v) is 8.71. The van der Waals surface area contributed by atoms with Crippen molar-refractivity contribution in [1.82, 2.24) is 0 Å². The number of esters is 1. The van der Waals surface area contributed by atoms with Crippen LogP contribution in [0.2, 0.25) is 0 Å². The number of carbonyl (C=O) groups is 1. The maximum Gasteiger partial charge on any atom is 0.341 e. The summed E-state index contributed by atoms with van der Waals surface area (Å²) in [5, 5.41) is 0. The van der Waals surface area contributed by atoms with Crippen molar-refractivity contribution in [1.29, 1.82) is 0 Å². The predicted molar refractivity (Wildman–Crippen MR) is 145 cm³/mol. The number of benzene rings is 4. The zero-order chi connectivity index (χ0) is 26.7. The fourth-order valence-electron chi connectivity index (χ4n) is 4.76. The molecule has 0 saturated carbocycles. The Labute approximate surface area is 216 Å². The van der Waals surface area contributed by atoms with Gasteiger partial charge in [0.15, 0.2) is 0 Å². The topological polar surface area (TPSA) is 70.8 Å². The van der Waals surface area contributed by atoms with E-state index in [-0.39, 0.29) is 12.4 Å². The number of hydrogen-bond donors (Lipinski definition) is 1. The van der Waals surface area contributed by atoms with Gasteiger partial charge in [0.2, 0.25) is 0 Å². The second-order valence-electron chi connectivity index (χ2n) is 8.71. The lowest BCUT2D eigenvalue weighted by Gasteiger charge is -2.18. The first-order valence-electron chi connectivity index (χ1n) is 11.9. The Bertz CT molecular complexity index is 1480. The molecule has 4 aromatic carbocycles. The highest BCUT2D eigenvalue weighted by Gasteiger charge is 2.18. The molecule has 0 heterocycles. The van der Waals surface area contributed by atoms with Crippen LogP contribution in [-0.4, -0.2) is 27.3 Å². The monoisotopic (exact) mass is 499 g/mol. The molecule has 0 spiro atoms. The van der Waals surface area contributed by atoms with Crippen molar-refractivity contribution in [2.24, 2.45) is 5.73 Å². The molecule has 190 valence electrons. The average molecular weight is 500 g/mol. The quantitative estimate of drug-likeness (QED) is 0.286. The standard InChI is InChI=1S/C31H30FNO4/c1-18-22(20-12-13-26(31(34)37-5)29(15-20)35-3)8-6-10-24(18)25-11-7-9-23(19(25)2)21-14-28(32)27(17-33)30(16-21)36-4/h6-16H,17,33H2,1-5H3. The van der Waals surface area contributed by atoms with Crippen molar-refractivity contribution in [2.45, 2.75) is 20.4 Å². The third-order valence-corrected chi connectivity index (χ3v) is 6.77. The molecule has 0 amide bonds. The number of rotatable bonds is 7. The van der Waals surface area contributed by atoms with E-state index in [1.54, 1.807) is 6.07 Å². The lowest BCUT2D eigenvalue weighted by molar-refractivity contribution is 0.0597. The van der Waals surface area contributed by atoms with E-state index in [9.17, 15) is 9.18 Å². The summed E-state index contributed by atoms with van der Waals surface area (Å²) >= 11 is 0. The molecule has 0 aliphatic heterocycles. The van der Waals surface area contributed by atoms with E-state index >= 15 is 0 Å². The van der Waals surface area contributed by atoms with Gasteiger partial charge in [-0.25, -0.2) is 9.18 Å². The molecule has 0 aliphatic rings. The molecular formula is C31H30FNO4. The fourth-order valence-corrected chi connectivity index (χ4v) is 4.76. The van der Waals surface area contributed by atoms with Crippen LogP contribution in [0.4, 0.5) is 4.39 Å². The van der Waals surface area contributed by atoms with Gasteiger partial charge in [0, 0.05) is 12.1 Å². The summed E-state index contributed by atoms with van der Waals surface area (Å²) < 4.78 is 30.5. The van der Waals surface area contributed by atoms with E-state index in [1.807, 2.05) is 49.4 Å². The first kappa shape index (κ1) is 25.9. The Morgan fingerprint density at radius 2 is 1.30 bits per heavy atom. The molecule has 0 fully saturated rings. The van der Waals surface area contributed by atoms with E-state index in [4.69, 9.17) is 19.9 Å². The van der Waals surface area contributed by atoms with Crippen LogP contribution in [0.1, 0.15) is 27.0 Å². The number of ether oxygens (including phenoxy) is 3. The Kier molecular flexibility index (Phi) is 7.60. The Morgan fingerprint density at radius 3 is 1.84 bits per heavy atom. The highest BCUT2D eigenvalue weighted by molar-refractivity contribution is 5.94. The highest BCUT2D eigenvalue weighted by atomic mass is 19.1. The molecule has 0 saturated heterocycles. The van der Waals surface area contributed by atoms with E-state index in [0.29, 0.717) is 22.6 Å². The summed E-state index contributed by atoms with van der Waals surface area (Å²) in [6.45, 7) is 4.16. The molecule has 0 unspecified atom stereocenters. The van der Waals surface area contributed by atoms with Crippen molar-refractivity contribution < 1.29 is 23.4 Å². The molecule has 4 aromatic rings. The van der Waals surface area contributed by atoms with E-state index in [0.717, 1.165) is 44.5 Å². The number of methoxy groups -OCH3 is 3. The smallest absolute Gasteiger partial charge is 0.341 e. The molecule has 2 N–H and O–H groups in total. The van der Waals surface area contributed by atoms with Crippen LogP contribution < -0.4 is 15.2 Å². The van der Waals surface area contributed by atoms with Gasteiger partial charge in [-0.1, -0.05) is 42.5 Å². The summed E-state index contributed by atoms with van der Waals surface area (Å²) in [6.07, 6.45) is 0. The van der Waals surface area contributed by atoms with Crippen molar-refractivity contribution in [3.05, 3.63) is 94.8 Å². The first-order chi connectivity index (χ1) is 17.8. The van der Waals surface area contributed by atoms with Gasteiger partial charge in [-0.2, -0.15) is 0 Å². The molecule has 0 radical (unpaired) electrons. The lowest BCUT2D eigenvalue weighted by atomic mass is 9.87. The van der Waals surface area contributed by atoms with Crippen molar-refractivity contribution >= 4 is 5.97 Å². The van der Waals surface area contributed by atoms with E-state index < -0.39 is 5.97 Å². The van der Waals surface area contributed by atoms with Crippen molar-refractivity contribution in [3.63, 3.8) is 0 Å². The predicted octanol–water partition coefficient (Wildman–Crippen LogP) is 6.71. The Balaban J connectivity index is 1.83. The maximum absolute atomic E-state index is 14.8. The van der Waals surface area contributed by atoms with Gasteiger partial charge < -0.3 is 19.9 Å². The van der Waals surface area contributed by atoms with Crippen LogP contribution in [0.25, 0.3) is 33.4 Å². The molecule has 0 bridgehead atoms. The molecule has 6 heteroatoms. The molecule has 0 atom stereocenters. The van der Waals surface area contributed by atoms with Crippen LogP contribution >= 0.6 is 0 Å². The summed E-state index contributed by atoms with van der Waals surface area (Å²) in [4.78, 5) is 12.1. The maximum atomic E-state index is 14.8. The highest BCUT2D eigenvalue weighted by Crippen LogP contribution is 2.39. The minimum Gasteiger partial charge on any atom is -0.496 e. The van der Waals surface area contributed by atoms with Crippen LogP contribution in [0, 0.1) is 19.7 Å². The number of hydrogen-bond acceptors (Lipinski definition) is 5. The third kappa shape index (κ3) is 4.80. The molecule has 0 aliphatic carbocycles. The van der Waals surface area contributed by atoms with Gasteiger partial charge in [-0.3, -0.25) is 0 Å². The van der Waals surface area contributed by atoms with Crippen molar-refractivity contribution in [2.75, 3.05) is 21.3 Å². The molecule has 37 heavy (non-hydrogen) atoms. The number of nitrogens with two attached hydrogens (primary N) is 1. The number of carbonyl (C=O) groups excluding carboxylic acids is 1. The van der Waals surface area contributed by atoms with Crippen LogP contribution in [0.3, 0.4) is 0 Å². The summed E-state index contributed by atoms with van der Waals surface area (Å²) in [7, 11) is 4.39. The normalized spacial score (nSPS) is 10.8. The zero-order valence-corrected chi connectivity index (χ0v) is 21.6. The summed E-state index contributed by atoms with van der Waals surface area (Å²) in [5.41, 5.74) is 14.2. The van der Waals surface area contributed by atoms with Gasteiger partial charge in [0.25, 0.3) is 0 Å². The minimum atomic E-state index is -0.450. The third-order valence-electron chi connectivity index (χ3n) is 6.77. The van der Waals surface area contributed by atoms with Gasteiger partial charge >= 0.3 is 5.97 Å². The summed E-state index contributed by atoms with van der Waals surface area (Å²) in [5.74, 6) is 0.0483. The zero-order valence-electron chi connectivity index (χ0n) is 21.6. The average Bonchev–Trinajstić information content (AvgIpc) is 2.92. The van der Waals surface area contributed by atoms with Crippen LogP contribution in [0.15, 0.2) is 66.7 Å². The Hall–Kier alpha value is -4.16. The van der Waals surface area contributed by atoms with Gasteiger partial charge in [0.05, 0.1) is 21.3 Å². The van der Waals surface area contributed by atoms with Crippen LogP contribution in [0.5, 0.6) is 11.5 Å². The SMILES string of the molecule is COC(=O)c1ccc(-c2cccc(-c3cccc(-c4cc(F)c(CN)c(OC)c4)c3C)c2C)cc1OC. The molecule has 5 nitrogen and oxygen atoms in total. The van der Waals surface area contributed by atoms with Crippen molar-refractivity contribution in [3.8, 4) is 44.9 Å². The van der Waals surface area contributed by atoms with Gasteiger partial charge in [-0.05, 0) is 82.6 Å². The second kappa shape index (κ2) is 10.8. The van der Waals surface area contributed by atoms with E-state index in [2.05, 4.69) is 19.1 Å². The largest absolute Gasteiger partial charge is 0.496 e. The lowest BCUT2D eigenvalue weighted by Crippen LogP contribution is -2.04. The number of halogens is 1. The first-order valence-corrected chi connectivity index (χ1v) is 11.9. The molecule has 0 aromatic heterocycles. The van der Waals surface area contributed by atoms with Crippen LogP contribution in [-0.2, 0) is 11.3 Å². The van der Waals surface area contributed by atoms with E-state index in [1.165, 1.54) is 27.4 Å². The molecule has 4 rings (SSSR count). The van der Waals surface area contributed by atoms with Gasteiger partial charge in [0.1, 0.15) is 22.9 Å². The minimum absolute atomic E-state index is 0.0612. The molecular weight excluding hydrogens is 469 g/mol. The van der Waals surface area contributed by atoms with Gasteiger partial charge in [-0.15, -0.1) is 0 Å².